The second-order valence-electron chi connectivity index (χ2n) is 4.05. The van der Waals surface area contributed by atoms with Crippen molar-refractivity contribution in [3.05, 3.63) is 58.4 Å². The molecule has 1 heterocycles. The predicted molar refractivity (Wildman–Crippen MR) is 80.6 cm³/mol. The van der Waals surface area contributed by atoms with Crippen molar-refractivity contribution in [1.82, 2.24) is 4.57 Å². The number of benzene rings is 1. The Hall–Kier alpha value is -2.43. The molecule has 21 heavy (non-hydrogen) atoms. The maximum Gasteiger partial charge on any atom is 0.288 e. The molecular weight excluding hydrogens is 314 g/mol. The van der Waals surface area contributed by atoms with E-state index in [-0.39, 0.29) is 16.3 Å². The average molecular weight is 322 g/mol. The van der Waals surface area contributed by atoms with Crippen molar-refractivity contribution in [2.24, 2.45) is 7.05 Å². The lowest BCUT2D eigenvalue weighted by atomic mass is 10.2. The summed E-state index contributed by atoms with van der Waals surface area (Å²) in [4.78, 5) is 22.3. The van der Waals surface area contributed by atoms with E-state index >= 15 is 0 Å². The van der Waals surface area contributed by atoms with Gasteiger partial charge in [-0.25, -0.2) is 0 Å². The third-order valence-electron chi connectivity index (χ3n) is 2.71. The van der Waals surface area contributed by atoms with Gasteiger partial charge in [0.15, 0.2) is 0 Å². The number of nitro groups is 1. The predicted octanol–water partition coefficient (Wildman–Crippen LogP) is 1.14. The van der Waals surface area contributed by atoms with Crippen molar-refractivity contribution < 1.29 is 4.92 Å². The van der Waals surface area contributed by atoms with E-state index < -0.39 is 4.92 Å². The zero-order valence-electron chi connectivity index (χ0n) is 10.7. The maximum absolute atomic E-state index is 12.0. The van der Waals surface area contributed by atoms with Gasteiger partial charge in [0.1, 0.15) is 9.69 Å². The lowest BCUT2D eigenvalue weighted by molar-refractivity contribution is -0.384. The minimum atomic E-state index is -0.582. The Morgan fingerprint density at radius 2 is 2.24 bits per heavy atom. The van der Waals surface area contributed by atoms with Crippen LogP contribution in [-0.4, -0.2) is 9.49 Å². The molecule has 1 aromatic carbocycles. The van der Waals surface area contributed by atoms with E-state index in [1.54, 1.807) is 13.1 Å². The van der Waals surface area contributed by atoms with Gasteiger partial charge in [-0.05, 0) is 17.7 Å². The number of nitro benzene ring substituents is 1. The number of hydrogen-bond donors (Lipinski definition) is 0. The summed E-state index contributed by atoms with van der Waals surface area (Å²) >= 11 is 6.87. The Kier molecular flexibility index (Phi) is 4.21. The first kappa shape index (κ1) is 15.0. The van der Waals surface area contributed by atoms with E-state index in [9.17, 15) is 14.9 Å². The summed E-state index contributed by atoms with van der Waals surface area (Å²) in [6.07, 6.45) is 2.80. The van der Waals surface area contributed by atoms with Gasteiger partial charge in [0, 0.05) is 19.2 Å². The third kappa shape index (κ3) is 3.02. The zero-order chi connectivity index (χ0) is 15.6. The summed E-state index contributed by atoms with van der Waals surface area (Å²) < 4.78 is 2.25. The SMILES string of the molecule is Cn1c(=O)/c(=C\c2ccc(Cl)c([N+](=O)[O-])c2)s/c1=C\C#N. The molecule has 0 radical (unpaired) electrons. The minimum absolute atomic E-state index is 0.0368. The largest absolute Gasteiger partial charge is 0.301 e. The highest BCUT2D eigenvalue weighted by Crippen LogP contribution is 2.25. The highest BCUT2D eigenvalue weighted by atomic mass is 35.5. The van der Waals surface area contributed by atoms with Crippen molar-refractivity contribution >= 4 is 40.8 Å². The molecule has 8 heteroatoms. The van der Waals surface area contributed by atoms with Crippen LogP contribution in [0.3, 0.4) is 0 Å². The van der Waals surface area contributed by atoms with Gasteiger partial charge in [-0.2, -0.15) is 5.26 Å². The number of halogens is 1. The van der Waals surface area contributed by atoms with E-state index in [0.29, 0.717) is 14.8 Å². The molecule has 0 aliphatic carbocycles. The van der Waals surface area contributed by atoms with Crippen LogP contribution in [0, 0.1) is 21.4 Å². The van der Waals surface area contributed by atoms with Gasteiger partial charge in [0.25, 0.3) is 11.2 Å². The van der Waals surface area contributed by atoms with Gasteiger partial charge in [-0.15, -0.1) is 11.3 Å². The van der Waals surface area contributed by atoms with Crippen LogP contribution < -0.4 is 14.8 Å². The second kappa shape index (κ2) is 5.91. The van der Waals surface area contributed by atoms with Gasteiger partial charge < -0.3 is 4.57 Å². The molecule has 0 fully saturated rings. The van der Waals surface area contributed by atoms with Crippen molar-refractivity contribution in [1.29, 1.82) is 5.26 Å². The Bertz CT molecular complexity index is 937. The van der Waals surface area contributed by atoms with Crippen LogP contribution in [-0.2, 0) is 7.05 Å². The molecule has 6 nitrogen and oxygen atoms in total. The van der Waals surface area contributed by atoms with E-state index in [0.717, 1.165) is 11.3 Å². The molecule has 1 aromatic heterocycles. The molecule has 0 saturated carbocycles. The van der Waals surface area contributed by atoms with Crippen molar-refractivity contribution in [3.63, 3.8) is 0 Å². The Morgan fingerprint density at radius 1 is 1.52 bits per heavy atom. The fourth-order valence-corrected chi connectivity index (χ4v) is 2.84. The average Bonchev–Trinajstić information content (AvgIpc) is 2.69. The molecule has 2 aromatic rings. The van der Waals surface area contributed by atoms with Gasteiger partial charge in [-0.3, -0.25) is 14.9 Å². The topological polar surface area (TPSA) is 88.9 Å². The van der Waals surface area contributed by atoms with E-state index in [4.69, 9.17) is 16.9 Å². The monoisotopic (exact) mass is 321 g/mol. The van der Waals surface area contributed by atoms with Crippen LogP contribution in [0.4, 0.5) is 5.69 Å². The second-order valence-corrected chi connectivity index (χ2v) is 5.52. The summed E-state index contributed by atoms with van der Waals surface area (Å²) in [6.45, 7) is 0. The number of thiazole rings is 1. The van der Waals surface area contributed by atoms with Gasteiger partial charge in [0.2, 0.25) is 0 Å². The van der Waals surface area contributed by atoms with Crippen LogP contribution in [0.5, 0.6) is 0 Å². The minimum Gasteiger partial charge on any atom is -0.301 e. The number of hydrogen-bond acceptors (Lipinski definition) is 5. The quantitative estimate of drug-likeness (QED) is 0.613. The standard InChI is InChI=1S/C13H8ClN3O3S/c1-16-12(4-5-15)21-11(13(16)18)7-8-2-3-9(14)10(6-8)17(19)20/h2-4,6-7H,1H3/b11-7+,12-4-. The molecule has 0 saturated heterocycles. The molecule has 0 aliphatic rings. The lowest BCUT2D eigenvalue weighted by Crippen LogP contribution is -2.28. The van der Waals surface area contributed by atoms with Crippen molar-refractivity contribution in [2.75, 3.05) is 0 Å². The smallest absolute Gasteiger partial charge is 0.288 e. The normalized spacial score (nSPS) is 12.4. The fraction of sp³-hybridized carbons (Fsp3) is 0.0769. The number of aromatic nitrogens is 1. The molecule has 0 bridgehead atoms. The fourth-order valence-electron chi connectivity index (χ4n) is 1.67. The van der Waals surface area contributed by atoms with Crippen LogP contribution in [0.25, 0.3) is 12.2 Å². The summed E-state index contributed by atoms with van der Waals surface area (Å²) in [7, 11) is 1.56. The summed E-state index contributed by atoms with van der Waals surface area (Å²) in [5, 5.41) is 19.5. The lowest BCUT2D eigenvalue weighted by Gasteiger charge is -1.96. The molecule has 0 N–H and O–H groups in total. The zero-order valence-corrected chi connectivity index (χ0v) is 12.3. The van der Waals surface area contributed by atoms with Crippen molar-refractivity contribution in [2.45, 2.75) is 0 Å². The third-order valence-corrected chi connectivity index (χ3v) is 4.15. The molecule has 0 unspecified atom stereocenters. The van der Waals surface area contributed by atoms with E-state index in [1.807, 2.05) is 6.07 Å². The Balaban J connectivity index is 2.66. The molecule has 0 aliphatic heterocycles. The van der Waals surface area contributed by atoms with Gasteiger partial charge >= 0.3 is 0 Å². The summed E-state index contributed by atoms with van der Waals surface area (Å²) in [5.74, 6) is 0. The Labute approximate surface area is 127 Å². The van der Waals surface area contributed by atoms with Crippen molar-refractivity contribution in [3.8, 4) is 6.07 Å². The molecule has 0 atom stereocenters. The number of nitriles is 1. The highest BCUT2D eigenvalue weighted by Gasteiger charge is 2.12. The first-order valence-corrected chi connectivity index (χ1v) is 6.85. The maximum atomic E-state index is 12.0. The molecule has 0 spiro atoms. The summed E-state index contributed by atoms with van der Waals surface area (Å²) in [5.41, 5.74) is 0.00951. The first-order valence-electron chi connectivity index (χ1n) is 5.65. The molecular formula is C13H8ClN3O3S. The van der Waals surface area contributed by atoms with E-state index in [1.165, 1.54) is 28.9 Å². The van der Waals surface area contributed by atoms with E-state index in [2.05, 4.69) is 0 Å². The van der Waals surface area contributed by atoms with Crippen LogP contribution in [0.1, 0.15) is 5.56 Å². The van der Waals surface area contributed by atoms with Crippen LogP contribution >= 0.6 is 22.9 Å². The number of nitrogens with zero attached hydrogens (tertiary/aromatic N) is 3. The van der Waals surface area contributed by atoms with Gasteiger partial charge in [0.05, 0.1) is 15.5 Å². The Morgan fingerprint density at radius 3 is 2.86 bits per heavy atom. The van der Waals surface area contributed by atoms with Gasteiger partial charge in [-0.1, -0.05) is 17.7 Å². The summed E-state index contributed by atoms with van der Waals surface area (Å²) in [6, 6.07) is 6.16. The number of rotatable bonds is 2. The molecule has 0 amide bonds. The van der Waals surface area contributed by atoms with Crippen LogP contribution in [0.15, 0.2) is 23.0 Å². The molecule has 2 rings (SSSR count). The molecule has 106 valence electrons. The first-order chi connectivity index (χ1) is 9.93. The highest BCUT2D eigenvalue weighted by molar-refractivity contribution is 7.07. The van der Waals surface area contributed by atoms with Crippen LogP contribution in [0.2, 0.25) is 5.02 Å².